The Kier molecular flexibility index (Phi) is 5.30. The second kappa shape index (κ2) is 7.21. The van der Waals surface area contributed by atoms with Gasteiger partial charge in [-0.3, -0.25) is 14.7 Å². The van der Waals surface area contributed by atoms with Crippen LogP contribution >= 0.6 is 0 Å². The van der Waals surface area contributed by atoms with Gasteiger partial charge in [-0.25, -0.2) is 0 Å². The Labute approximate surface area is 113 Å². The van der Waals surface area contributed by atoms with Crippen molar-refractivity contribution in [3.05, 3.63) is 30.1 Å². The first-order valence-corrected chi connectivity index (χ1v) is 6.76. The monoisotopic (exact) mass is 263 g/mol. The number of pyridine rings is 1. The van der Waals surface area contributed by atoms with E-state index in [1.807, 2.05) is 12.1 Å². The van der Waals surface area contributed by atoms with Gasteiger partial charge in [-0.2, -0.15) is 0 Å². The van der Waals surface area contributed by atoms with Crippen molar-refractivity contribution in [2.24, 2.45) is 5.92 Å². The number of hydrogen-bond acceptors (Lipinski definition) is 4. The van der Waals surface area contributed by atoms with Crippen LogP contribution in [0.5, 0.6) is 0 Å². The van der Waals surface area contributed by atoms with Gasteiger partial charge in [0, 0.05) is 25.5 Å². The summed E-state index contributed by atoms with van der Waals surface area (Å²) < 4.78 is 0. The zero-order chi connectivity index (χ0) is 13.5. The van der Waals surface area contributed by atoms with Gasteiger partial charge in [-0.1, -0.05) is 6.07 Å². The fourth-order valence-corrected chi connectivity index (χ4v) is 2.29. The van der Waals surface area contributed by atoms with Gasteiger partial charge in [-0.15, -0.1) is 0 Å². The van der Waals surface area contributed by atoms with E-state index in [1.165, 1.54) is 0 Å². The molecule has 0 atom stereocenters. The molecule has 2 N–H and O–H groups in total. The molecule has 5 heteroatoms. The predicted molar refractivity (Wildman–Crippen MR) is 72.3 cm³/mol. The maximum atomic E-state index is 11.8. The van der Waals surface area contributed by atoms with Gasteiger partial charge in [0.15, 0.2) is 0 Å². The van der Waals surface area contributed by atoms with E-state index in [9.17, 15) is 4.79 Å². The highest BCUT2D eigenvalue weighted by molar-refractivity contribution is 5.78. The SMILES string of the molecule is O=C(CN1CCC(CO)CC1)NCc1cccnc1. The standard InChI is InChI=1S/C14H21N3O2/c18-11-12-3-6-17(7-4-12)10-14(19)16-9-13-2-1-5-15-8-13/h1-2,5,8,12,18H,3-4,6-7,9-11H2,(H,16,19). The first-order valence-electron chi connectivity index (χ1n) is 6.76. The van der Waals surface area contributed by atoms with Crippen molar-refractivity contribution in [1.82, 2.24) is 15.2 Å². The number of piperidine rings is 1. The molecule has 0 saturated carbocycles. The summed E-state index contributed by atoms with van der Waals surface area (Å²) in [4.78, 5) is 18.0. The minimum Gasteiger partial charge on any atom is -0.396 e. The fourth-order valence-electron chi connectivity index (χ4n) is 2.29. The van der Waals surface area contributed by atoms with Crippen LogP contribution in [0.15, 0.2) is 24.5 Å². The predicted octanol–water partition coefficient (Wildman–Crippen LogP) is 0.402. The second-order valence-electron chi connectivity index (χ2n) is 5.04. The number of nitrogens with zero attached hydrogens (tertiary/aromatic N) is 2. The summed E-state index contributed by atoms with van der Waals surface area (Å²) in [6, 6.07) is 3.81. The average molecular weight is 263 g/mol. The van der Waals surface area contributed by atoms with Crippen LogP contribution in [0, 0.1) is 5.92 Å². The number of rotatable bonds is 5. The number of amides is 1. The molecule has 104 valence electrons. The van der Waals surface area contributed by atoms with Gasteiger partial charge < -0.3 is 10.4 Å². The van der Waals surface area contributed by atoms with Crippen molar-refractivity contribution in [3.63, 3.8) is 0 Å². The first kappa shape index (κ1) is 14.0. The van der Waals surface area contributed by atoms with E-state index in [0.29, 0.717) is 19.0 Å². The molecule has 0 spiro atoms. The Morgan fingerprint density at radius 1 is 1.47 bits per heavy atom. The molecule has 5 nitrogen and oxygen atoms in total. The van der Waals surface area contributed by atoms with Crippen LogP contribution in [0.4, 0.5) is 0 Å². The largest absolute Gasteiger partial charge is 0.396 e. The number of carbonyl (C=O) groups is 1. The maximum Gasteiger partial charge on any atom is 0.234 e. The molecule has 2 heterocycles. The van der Waals surface area contributed by atoms with E-state index in [-0.39, 0.29) is 12.5 Å². The Balaban J connectivity index is 1.67. The molecule has 1 amide bonds. The first-order chi connectivity index (χ1) is 9.28. The van der Waals surface area contributed by atoms with Gasteiger partial charge in [0.25, 0.3) is 0 Å². The number of aliphatic hydroxyl groups is 1. The van der Waals surface area contributed by atoms with Gasteiger partial charge in [0.2, 0.25) is 5.91 Å². The summed E-state index contributed by atoms with van der Waals surface area (Å²) in [5.41, 5.74) is 1.01. The van der Waals surface area contributed by atoms with Gasteiger partial charge >= 0.3 is 0 Å². The van der Waals surface area contributed by atoms with Gasteiger partial charge in [-0.05, 0) is 43.5 Å². The van der Waals surface area contributed by atoms with E-state index in [0.717, 1.165) is 31.5 Å². The zero-order valence-corrected chi connectivity index (χ0v) is 11.1. The van der Waals surface area contributed by atoms with Crippen molar-refractivity contribution in [3.8, 4) is 0 Å². The number of carbonyl (C=O) groups excluding carboxylic acids is 1. The topological polar surface area (TPSA) is 65.5 Å². The highest BCUT2D eigenvalue weighted by atomic mass is 16.3. The molecule has 0 unspecified atom stereocenters. The number of hydrogen-bond donors (Lipinski definition) is 2. The summed E-state index contributed by atoms with van der Waals surface area (Å²) >= 11 is 0. The molecule has 1 aromatic heterocycles. The molecule has 0 radical (unpaired) electrons. The number of aliphatic hydroxyl groups excluding tert-OH is 1. The molecule has 1 aromatic rings. The average Bonchev–Trinajstić information content (AvgIpc) is 2.47. The number of likely N-dealkylation sites (tertiary alicyclic amines) is 1. The summed E-state index contributed by atoms with van der Waals surface area (Å²) in [6.07, 6.45) is 5.43. The van der Waals surface area contributed by atoms with Crippen LogP contribution in [0.25, 0.3) is 0 Å². The molecule has 2 rings (SSSR count). The van der Waals surface area contributed by atoms with Crippen molar-refractivity contribution in [1.29, 1.82) is 0 Å². The minimum absolute atomic E-state index is 0.0475. The van der Waals surface area contributed by atoms with Crippen LogP contribution in [0.2, 0.25) is 0 Å². The van der Waals surface area contributed by atoms with E-state index in [4.69, 9.17) is 5.11 Å². The van der Waals surface area contributed by atoms with Crippen LogP contribution in [-0.2, 0) is 11.3 Å². The molecule has 0 aliphatic carbocycles. The quantitative estimate of drug-likeness (QED) is 0.807. The Morgan fingerprint density at radius 2 is 2.26 bits per heavy atom. The summed E-state index contributed by atoms with van der Waals surface area (Å²) in [5, 5.41) is 12.0. The smallest absolute Gasteiger partial charge is 0.234 e. The highest BCUT2D eigenvalue weighted by Crippen LogP contribution is 2.15. The normalized spacial score (nSPS) is 17.3. The van der Waals surface area contributed by atoms with Crippen molar-refractivity contribution in [2.75, 3.05) is 26.2 Å². The van der Waals surface area contributed by atoms with Crippen LogP contribution in [0.1, 0.15) is 18.4 Å². The lowest BCUT2D eigenvalue weighted by Crippen LogP contribution is -2.41. The maximum absolute atomic E-state index is 11.8. The van der Waals surface area contributed by atoms with E-state index >= 15 is 0 Å². The van der Waals surface area contributed by atoms with E-state index in [2.05, 4.69) is 15.2 Å². The molecule has 0 aromatic carbocycles. The molecule has 19 heavy (non-hydrogen) atoms. The lowest BCUT2D eigenvalue weighted by atomic mass is 9.98. The van der Waals surface area contributed by atoms with Crippen molar-refractivity contribution < 1.29 is 9.90 Å². The highest BCUT2D eigenvalue weighted by Gasteiger charge is 2.19. The molecule has 0 bridgehead atoms. The molecule has 1 fully saturated rings. The fraction of sp³-hybridized carbons (Fsp3) is 0.571. The Morgan fingerprint density at radius 3 is 2.89 bits per heavy atom. The molecule has 1 saturated heterocycles. The van der Waals surface area contributed by atoms with Crippen LogP contribution in [0.3, 0.4) is 0 Å². The number of aromatic nitrogens is 1. The summed E-state index contributed by atoms with van der Waals surface area (Å²) in [6.45, 7) is 3.02. The van der Waals surface area contributed by atoms with E-state index < -0.39 is 0 Å². The zero-order valence-electron chi connectivity index (χ0n) is 11.1. The third kappa shape index (κ3) is 4.61. The molecular weight excluding hydrogens is 242 g/mol. The summed E-state index contributed by atoms with van der Waals surface area (Å²) in [5.74, 6) is 0.459. The Hall–Kier alpha value is -1.46. The Bertz CT molecular complexity index is 389. The van der Waals surface area contributed by atoms with Gasteiger partial charge in [0.05, 0.1) is 6.54 Å². The second-order valence-corrected chi connectivity index (χ2v) is 5.04. The van der Waals surface area contributed by atoms with Crippen LogP contribution < -0.4 is 5.32 Å². The van der Waals surface area contributed by atoms with Crippen LogP contribution in [-0.4, -0.2) is 47.1 Å². The van der Waals surface area contributed by atoms with Crippen molar-refractivity contribution >= 4 is 5.91 Å². The molecular formula is C14H21N3O2. The lowest BCUT2D eigenvalue weighted by Gasteiger charge is -2.30. The third-order valence-corrected chi connectivity index (χ3v) is 3.55. The number of nitrogens with one attached hydrogen (secondary N) is 1. The molecule has 1 aliphatic heterocycles. The lowest BCUT2D eigenvalue weighted by molar-refractivity contribution is -0.122. The van der Waals surface area contributed by atoms with E-state index in [1.54, 1.807) is 12.4 Å². The minimum atomic E-state index is 0.0475. The molecule has 1 aliphatic rings. The summed E-state index contributed by atoms with van der Waals surface area (Å²) in [7, 11) is 0. The van der Waals surface area contributed by atoms with Gasteiger partial charge in [0.1, 0.15) is 0 Å². The third-order valence-electron chi connectivity index (χ3n) is 3.55. The van der Waals surface area contributed by atoms with Crippen molar-refractivity contribution in [2.45, 2.75) is 19.4 Å².